The summed E-state index contributed by atoms with van der Waals surface area (Å²) >= 11 is 0. The highest BCUT2D eigenvalue weighted by molar-refractivity contribution is 6.71. The summed E-state index contributed by atoms with van der Waals surface area (Å²) < 4.78 is 41.2. The molecule has 1 saturated heterocycles. The lowest BCUT2D eigenvalue weighted by Crippen LogP contribution is -2.69. The molecule has 0 aromatic rings. The molecule has 8 nitrogen and oxygen atoms in total. The summed E-state index contributed by atoms with van der Waals surface area (Å²) in [7, 11) is -7.57. The quantitative estimate of drug-likeness (QED) is 0.147. The number of hydrogen-bond donors (Lipinski definition) is 1. The van der Waals surface area contributed by atoms with Crippen LogP contribution in [0.3, 0.4) is 0 Å². The van der Waals surface area contributed by atoms with Crippen LogP contribution in [0.1, 0.15) is 79.1 Å². The van der Waals surface area contributed by atoms with Crippen molar-refractivity contribution in [2.75, 3.05) is 6.61 Å². The molecule has 306 valence electrons. The molecule has 12 heteroatoms. The van der Waals surface area contributed by atoms with Crippen LogP contribution >= 0.6 is 0 Å². The number of fused-ring (bicyclic) bond motifs is 5. The average Bonchev–Trinajstić information content (AvgIpc) is 3.34. The third-order valence-corrected chi connectivity index (χ3v) is 17.3. The van der Waals surface area contributed by atoms with E-state index in [-0.39, 0.29) is 29.6 Å². The van der Waals surface area contributed by atoms with Crippen LogP contribution in [0.4, 0.5) is 0 Å². The van der Waals surface area contributed by atoms with E-state index in [1.165, 1.54) is 44.9 Å². The number of hydrogen-bond acceptors (Lipinski definition) is 7. The van der Waals surface area contributed by atoms with E-state index in [0.29, 0.717) is 30.0 Å². The molecule has 3 saturated carbocycles. The highest BCUT2D eigenvalue weighted by Crippen LogP contribution is 2.67. The van der Waals surface area contributed by atoms with Crippen LogP contribution in [-0.2, 0) is 32.0 Å². The first kappa shape index (κ1) is 44.0. The SMILES string of the molecule is CC(=O)N[C@@H]1[C@@H](O[C@@H](C)[C@H]2CCC3C4CC=C5C[C@H](O[Si](C)(C)C)CC[C@]5(C)C4CC[C@@]32C)O[C@@H](CO[Si](C)(C)C)[C@H](O[Si](C)(C)C)[C@H]1O[Si](C)(C)C. The maximum Gasteiger partial charge on any atom is 0.217 e. The lowest BCUT2D eigenvalue weighted by Gasteiger charge is -2.58. The van der Waals surface area contributed by atoms with Crippen LogP contribution < -0.4 is 5.32 Å². The van der Waals surface area contributed by atoms with Crippen molar-refractivity contribution in [3.8, 4) is 0 Å². The van der Waals surface area contributed by atoms with Gasteiger partial charge in [-0.15, -0.1) is 0 Å². The van der Waals surface area contributed by atoms with Gasteiger partial charge in [-0.2, -0.15) is 0 Å². The fraction of sp³-hybridized carbons (Fsp3) is 0.927. The van der Waals surface area contributed by atoms with E-state index in [2.05, 4.69) is 111 Å². The predicted molar refractivity (Wildman–Crippen MR) is 226 cm³/mol. The highest BCUT2D eigenvalue weighted by atomic mass is 28.4. The molecule has 13 atom stereocenters. The zero-order chi connectivity index (χ0) is 39.5. The monoisotopic (exact) mass is 809 g/mol. The maximum atomic E-state index is 12.9. The Labute approximate surface area is 328 Å². The number of rotatable bonds is 13. The summed E-state index contributed by atoms with van der Waals surface area (Å²) in [5, 5.41) is 3.26. The molecular weight excluding hydrogens is 731 g/mol. The summed E-state index contributed by atoms with van der Waals surface area (Å²) in [4.78, 5) is 12.9. The molecule has 5 rings (SSSR count). The largest absolute Gasteiger partial charge is 0.415 e. The molecule has 1 amide bonds. The van der Waals surface area contributed by atoms with Gasteiger partial charge in [0, 0.05) is 13.0 Å². The minimum atomic E-state index is -2.09. The number of carbonyl (C=O) groups is 1. The van der Waals surface area contributed by atoms with E-state index >= 15 is 0 Å². The van der Waals surface area contributed by atoms with Gasteiger partial charge in [0.1, 0.15) is 18.2 Å². The Morgan fingerprint density at radius 2 is 1.45 bits per heavy atom. The van der Waals surface area contributed by atoms with Crippen LogP contribution in [0.2, 0.25) is 78.6 Å². The molecule has 53 heavy (non-hydrogen) atoms. The first-order valence-electron chi connectivity index (χ1n) is 21.1. The van der Waals surface area contributed by atoms with Gasteiger partial charge in [-0.3, -0.25) is 4.79 Å². The van der Waals surface area contributed by atoms with Crippen molar-refractivity contribution in [3.63, 3.8) is 0 Å². The Kier molecular flexibility index (Phi) is 13.2. The summed E-state index contributed by atoms with van der Waals surface area (Å²) in [5.41, 5.74) is 2.20. The Hall–Kier alpha value is -0.162. The topological polar surface area (TPSA) is 84.5 Å². The second-order valence-electron chi connectivity index (χ2n) is 22.0. The standard InChI is InChI=1S/C41H79NO7Si4/c1-27(32-19-20-33-31-18-17-29-25-30(47-51(8,9)10)21-23-40(29,3)34(31)22-24-41(32,33)4)45-39-36(42-28(2)43)38(49-53(14,15)16)37(48-52(11,12)13)35(46-39)26-44-50(5,6)7/h17,27,30-39H,18-26H2,1-16H3,(H,42,43)/t27-,30+,31?,32+,33?,34?,35-,36-,37-,38-,39-,40-,41+/m0/s1. The molecule has 0 aromatic carbocycles. The summed E-state index contributed by atoms with van der Waals surface area (Å²) in [6.45, 7) is 36.3. The normalized spacial score (nSPS) is 40.1. The second-order valence-corrected chi connectivity index (χ2v) is 39.9. The van der Waals surface area contributed by atoms with Crippen molar-refractivity contribution in [2.45, 2.75) is 200 Å². The highest BCUT2D eigenvalue weighted by Gasteiger charge is 2.60. The van der Waals surface area contributed by atoms with E-state index < -0.39 is 51.7 Å². The molecule has 0 radical (unpaired) electrons. The van der Waals surface area contributed by atoms with Gasteiger partial charge in [-0.05, 0) is 171 Å². The lowest BCUT2D eigenvalue weighted by molar-refractivity contribution is -0.282. The third kappa shape index (κ3) is 10.5. The molecule has 0 spiro atoms. The van der Waals surface area contributed by atoms with Crippen LogP contribution in [-0.4, -0.2) is 88.6 Å². The predicted octanol–water partition coefficient (Wildman–Crippen LogP) is 9.71. The molecule has 4 fully saturated rings. The smallest absolute Gasteiger partial charge is 0.217 e. The van der Waals surface area contributed by atoms with Crippen molar-refractivity contribution >= 4 is 39.2 Å². The zero-order valence-electron chi connectivity index (χ0n) is 36.6. The van der Waals surface area contributed by atoms with E-state index in [1.807, 2.05) is 0 Å². The van der Waals surface area contributed by atoms with Crippen molar-refractivity contribution in [2.24, 2.45) is 34.5 Å². The van der Waals surface area contributed by atoms with Gasteiger partial charge < -0.3 is 32.5 Å². The molecular formula is C41H79NO7Si4. The van der Waals surface area contributed by atoms with Crippen molar-refractivity contribution in [1.29, 1.82) is 0 Å². The number of carbonyl (C=O) groups excluding carboxylic acids is 1. The van der Waals surface area contributed by atoms with Gasteiger partial charge in [0.05, 0.1) is 18.8 Å². The van der Waals surface area contributed by atoms with Crippen LogP contribution in [0.15, 0.2) is 11.6 Å². The molecule has 0 bridgehead atoms. The third-order valence-electron chi connectivity index (χ3n) is 13.2. The van der Waals surface area contributed by atoms with Crippen molar-refractivity contribution < 1.29 is 32.0 Å². The summed E-state index contributed by atoms with van der Waals surface area (Å²) in [6, 6.07) is -0.492. The van der Waals surface area contributed by atoms with Gasteiger partial charge in [-0.1, -0.05) is 25.5 Å². The number of ether oxygens (including phenoxy) is 2. The van der Waals surface area contributed by atoms with E-state index in [0.717, 1.165) is 18.3 Å². The lowest BCUT2D eigenvalue weighted by atomic mass is 9.47. The van der Waals surface area contributed by atoms with Gasteiger partial charge in [0.25, 0.3) is 0 Å². The second kappa shape index (κ2) is 15.9. The fourth-order valence-electron chi connectivity index (χ4n) is 11.3. The fourth-order valence-corrected chi connectivity index (χ4v) is 15.4. The Bertz CT molecular complexity index is 1320. The van der Waals surface area contributed by atoms with Crippen LogP contribution in [0.5, 0.6) is 0 Å². The molecule has 0 aromatic heterocycles. The minimum absolute atomic E-state index is 0.0391. The Morgan fingerprint density at radius 1 is 0.830 bits per heavy atom. The first-order valence-corrected chi connectivity index (χ1v) is 34.8. The maximum absolute atomic E-state index is 12.9. The number of nitrogens with one attached hydrogen (secondary N) is 1. The molecule has 5 aliphatic rings. The Morgan fingerprint density at radius 3 is 2.04 bits per heavy atom. The zero-order valence-corrected chi connectivity index (χ0v) is 40.6. The molecule has 4 aliphatic carbocycles. The van der Waals surface area contributed by atoms with Gasteiger partial charge in [0.15, 0.2) is 39.6 Å². The summed E-state index contributed by atoms with van der Waals surface area (Å²) in [5.74, 6) is 2.47. The Balaban J connectivity index is 1.38. The van der Waals surface area contributed by atoms with Gasteiger partial charge >= 0.3 is 0 Å². The molecule has 1 aliphatic heterocycles. The number of allylic oxidation sites excluding steroid dienone is 1. The van der Waals surface area contributed by atoms with Crippen LogP contribution in [0, 0.1) is 34.5 Å². The molecule has 3 unspecified atom stereocenters. The minimum Gasteiger partial charge on any atom is -0.415 e. The van der Waals surface area contributed by atoms with E-state index in [4.69, 9.17) is 27.2 Å². The van der Waals surface area contributed by atoms with Gasteiger partial charge in [0.2, 0.25) is 5.91 Å². The molecule has 1 N–H and O–H groups in total. The van der Waals surface area contributed by atoms with E-state index in [1.54, 1.807) is 12.5 Å². The summed E-state index contributed by atoms with van der Waals surface area (Å²) in [6.07, 6.45) is 11.0. The van der Waals surface area contributed by atoms with Gasteiger partial charge in [-0.25, -0.2) is 0 Å². The molecule has 1 heterocycles. The van der Waals surface area contributed by atoms with Crippen LogP contribution in [0.25, 0.3) is 0 Å². The van der Waals surface area contributed by atoms with Crippen molar-refractivity contribution in [1.82, 2.24) is 5.32 Å². The number of amides is 1. The van der Waals surface area contributed by atoms with Crippen molar-refractivity contribution in [3.05, 3.63) is 11.6 Å². The van der Waals surface area contributed by atoms with E-state index in [9.17, 15) is 4.79 Å². The first-order chi connectivity index (χ1) is 24.2. The average molecular weight is 810 g/mol.